The SMILES string of the molecule is CC(Oc1ccc(Cl)c(F)c1)C(=O)c1ccc(Cl)cc1. The molecule has 104 valence electrons. The number of carbonyl (C=O) groups excluding carboxylic acids is 1. The summed E-state index contributed by atoms with van der Waals surface area (Å²) in [6, 6.07) is 10.5. The highest BCUT2D eigenvalue weighted by atomic mass is 35.5. The van der Waals surface area contributed by atoms with Crippen LogP contribution in [-0.2, 0) is 0 Å². The fourth-order valence-electron chi connectivity index (χ4n) is 1.66. The lowest BCUT2D eigenvalue weighted by atomic mass is 10.1. The standard InChI is InChI=1S/C15H11Cl2FO2/c1-9(15(19)10-2-4-11(16)5-3-10)20-12-6-7-13(17)14(18)8-12/h2-9H,1H3. The first-order valence-electron chi connectivity index (χ1n) is 5.89. The van der Waals surface area contributed by atoms with Gasteiger partial charge < -0.3 is 4.74 Å². The largest absolute Gasteiger partial charge is 0.482 e. The summed E-state index contributed by atoms with van der Waals surface area (Å²) < 4.78 is 18.7. The van der Waals surface area contributed by atoms with Crippen LogP contribution in [0.2, 0.25) is 10.0 Å². The van der Waals surface area contributed by atoms with Crippen LogP contribution < -0.4 is 4.74 Å². The molecule has 0 saturated heterocycles. The highest BCUT2D eigenvalue weighted by Crippen LogP contribution is 2.22. The minimum Gasteiger partial charge on any atom is -0.482 e. The van der Waals surface area contributed by atoms with Crippen molar-refractivity contribution in [1.82, 2.24) is 0 Å². The Morgan fingerprint density at radius 3 is 2.40 bits per heavy atom. The third-order valence-electron chi connectivity index (χ3n) is 2.70. The molecule has 20 heavy (non-hydrogen) atoms. The maximum Gasteiger partial charge on any atom is 0.202 e. The van der Waals surface area contributed by atoms with Crippen LogP contribution in [0.4, 0.5) is 4.39 Å². The van der Waals surface area contributed by atoms with Crippen LogP contribution >= 0.6 is 23.2 Å². The van der Waals surface area contributed by atoms with Crippen LogP contribution in [0.25, 0.3) is 0 Å². The van der Waals surface area contributed by atoms with Crippen LogP contribution in [0.15, 0.2) is 42.5 Å². The Hall–Kier alpha value is -1.58. The zero-order valence-electron chi connectivity index (χ0n) is 10.6. The fourth-order valence-corrected chi connectivity index (χ4v) is 1.90. The molecular weight excluding hydrogens is 302 g/mol. The predicted molar refractivity (Wildman–Crippen MR) is 77.3 cm³/mol. The molecule has 2 aromatic rings. The lowest BCUT2D eigenvalue weighted by Crippen LogP contribution is -2.23. The van der Waals surface area contributed by atoms with Crippen LogP contribution in [0.1, 0.15) is 17.3 Å². The number of ether oxygens (including phenoxy) is 1. The van der Waals surface area contributed by atoms with Gasteiger partial charge in [-0.05, 0) is 43.3 Å². The van der Waals surface area contributed by atoms with Gasteiger partial charge >= 0.3 is 0 Å². The molecule has 0 bridgehead atoms. The second-order valence-electron chi connectivity index (χ2n) is 4.21. The van der Waals surface area contributed by atoms with Gasteiger partial charge in [0, 0.05) is 16.7 Å². The molecule has 2 rings (SSSR count). The molecule has 0 saturated carbocycles. The summed E-state index contributed by atoms with van der Waals surface area (Å²) >= 11 is 11.3. The number of halogens is 3. The van der Waals surface area contributed by atoms with Crippen LogP contribution in [0.3, 0.4) is 0 Å². The van der Waals surface area contributed by atoms with Gasteiger partial charge in [-0.3, -0.25) is 4.79 Å². The second-order valence-corrected chi connectivity index (χ2v) is 5.05. The van der Waals surface area contributed by atoms with Crippen molar-refractivity contribution in [2.75, 3.05) is 0 Å². The van der Waals surface area contributed by atoms with Crippen molar-refractivity contribution in [3.05, 3.63) is 63.9 Å². The fraction of sp³-hybridized carbons (Fsp3) is 0.133. The summed E-state index contributed by atoms with van der Waals surface area (Å²) in [5.41, 5.74) is 0.483. The van der Waals surface area contributed by atoms with E-state index in [0.29, 0.717) is 10.6 Å². The zero-order valence-corrected chi connectivity index (χ0v) is 12.1. The first kappa shape index (κ1) is 14.8. The lowest BCUT2D eigenvalue weighted by molar-refractivity contribution is 0.0817. The van der Waals surface area contributed by atoms with Crippen molar-refractivity contribution in [2.24, 2.45) is 0 Å². The summed E-state index contributed by atoms with van der Waals surface area (Å²) in [4.78, 5) is 12.1. The Bertz CT molecular complexity index is 626. The molecule has 0 aliphatic rings. The smallest absolute Gasteiger partial charge is 0.202 e. The predicted octanol–water partition coefficient (Wildman–Crippen LogP) is 4.78. The molecule has 0 heterocycles. The number of carbonyl (C=O) groups is 1. The summed E-state index contributed by atoms with van der Waals surface area (Å²) in [5, 5.41) is 0.559. The summed E-state index contributed by atoms with van der Waals surface area (Å²) in [6.07, 6.45) is -0.739. The van der Waals surface area contributed by atoms with E-state index in [-0.39, 0.29) is 16.6 Å². The van der Waals surface area contributed by atoms with Crippen molar-refractivity contribution in [3.63, 3.8) is 0 Å². The Kier molecular flexibility index (Phi) is 4.63. The molecule has 0 N–H and O–H groups in total. The average Bonchev–Trinajstić information content (AvgIpc) is 2.43. The first-order valence-corrected chi connectivity index (χ1v) is 6.64. The average molecular weight is 313 g/mol. The van der Waals surface area contributed by atoms with Gasteiger partial charge in [-0.15, -0.1) is 0 Å². The van der Waals surface area contributed by atoms with Crippen molar-refractivity contribution in [3.8, 4) is 5.75 Å². The van der Waals surface area contributed by atoms with E-state index in [2.05, 4.69) is 0 Å². The van der Waals surface area contributed by atoms with Gasteiger partial charge in [0.15, 0.2) is 6.10 Å². The number of benzene rings is 2. The van der Waals surface area contributed by atoms with Crippen LogP contribution in [0.5, 0.6) is 5.75 Å². The van der Waals surface area contributed by atoms with Crippen LogP contribution in [-0.4, -0.2) is 11.9 Å². The monoisotopic (exact) mass is 312 g/mol. The molecule has 0 amide bonds. The van der Waals surface area contributed by atoms with E-state index in [4.69, 9.17) is 27.9 Å². The number of hydrogen-bond acceptors (Lipinski definition) is 2. The number of ketones is 1. The highest BCUT2D eigenvalue weighted by Gasteiger charge is 2.17. The Morgan fingerprint density at radius 2 is 1.80 bits per heavy atom. The van der Waals surface area contributed by atoms with Gasteiger partial charge in [-0.25, -0.2) is 4.39 Å². The minimum absolute atomic E-state index is 0.00836. The summed E-state index contributed by atoms with van der Waals surface area (Å²) in [7, 11) is 0. The third-order valence-corrected chi connectivity index (χ3v) is 3.26. The van der Waals surface area contributed by atoms with Gasteiger partial charge in [0.2, 0.25) is 5.78 Å². The van der Waals surface area contributed by atoms with E-state index >= 15 is 0 Å². The highest BCUT2D eigenvalue weighted by molar-refractivity contribution is 6.31. The molecule has 0 aliphatic heterocycles. The van der Waals surface area contributed by atoms with E-state index in [9.17, 15) is 9.18 Å². The molecule has 5 heteroatoms. The summed E-state index contributed by atoms with van der Waals surface area (Å²) in [5.74, 6) is -0.547. The van der Waals surface area contributed by atoms with Gasteiger partial charge in [-0.1, -0.05) is 23.2 Å². The number of rotatable bonds is 4. The second kappa shape index (κ2) is 6.25. The lowest BCUT2D eigenvalue weighted by Gasteiger charge is -2.14. The molecule has 0 radical (unpaired) electrons. The first-order chi connectivity index (χ1) is 9.47. The maximum absolute atomic E-state index is 13.3. The van der Waals surface area contributed by atoms with Gasteiger partial charge in [0.1, 0.15) is 11.6 Å². The van der Waals surface area contributed by atoms with E-state index in [1.54, 1.807) is 31.2 Å². The van der Waals surface area contributed by atoms with Crippen molar-refractivity contribution < 1.29 is 13.9 Å². The Morgan fingerprint density at radius 1 is 1.15 bits per heavy atom. The van der Waals surface area contributed by atoms with Gasteiger partial charge in [0.25, 0.3) is 0 Å². The summed E-state index contributed by atoms with van der Waals surface area (Å²) in [6.45, 7) is 1.60. The van der Waals surface area contributed by atoms with Crippen molar-refractivity contribution in [1.29, 1.82) is 0 Å². The molecule has 2 aromatic carbocycles. The third kappa shape index (κ3) is 3.50. The molecule has 0 aromatic heterocycles. The maximum atomic E-state index is 13.3. The zero-order chi connectivity index (χ0) is 14.7. The van der Waals surface area contributed by atoms with E-state index in [1.165, 1.54) is 12.1 Å². The molecule has 0 fully saturated rings. The Labute approximate surface area is 126 Å². The van der Waals surface area contributed by atoms with E-state index in [0.717, 1.165) is 6.07 Å². The quantitative estimate of drug-likeness (QED) is 0.759. The number of hydrogen-bond donors (Lipinski definition) is 0. The van der Waals surface area contributed by atoms with E-state index < -0.39 is 11.9 Å². The topological polar surface area (TPSA) is 26.3 Å². The van der Waals surface area contributed by atoms with Gasteiger partial charge in [-0.2, -0.15) is 0 Å². The molecular formula is C15H11Cl2FO2. The van der Waals surface area contributed by atoms with Crippen LogP contribution in [0, 0.1) is 5.82 Å². The van der Waals surface area contributed by atoms with Crippen molar-refractivity contribution in [2.45, 2.75) is 13.0 Å². The molecule has 0 aliphatic carbocycles. The minimum atomic E-state index is -0.739. The molecule has 0 spiro atoms. The Balaban J connectivity index is 2.11. The molecule has 1 atom stereocenters. The van der Waals surface area contributed by atoms with Crippen molar-refractivity contribution >= 4 is 29.0 Å². The molecule has 1 unspecified atom stereocenters. The molecule has 2 nitrogen and oxygen atoms in total. The van der Waals surface area contributed by atoms with Gasteiger partial charge in [0.05, 0.1) is 5.02 Å². The number of Topliss-reactive ketones (excluding diaryl/α,β-unsaturated/α-hetero) is 1. The normalized spacial score (nSPS) is 12.0. The van der Waals surface area contributed by atoms with E-state index in [1.807, 2.05) is 0 Å².